The van der Waals surface area contributed by atoms with Gasteiger partial charge in [-0.3, -0.25) is 9.69 Å². The minimum absolute atomic E-state index is 0.0946. The van der Waals surface area contributed by atoms with E-state index in [1.165, 1.54) is 22.3 Å². The Kier molecular flexibility index (Phi) is 8.31. The normalized spacial score (nSPS) is 19.8. The number of carbonyl (C=O) groups excluding carboxylic acids is 1. The number of piperazine rings is 1. The van der Waals surface area contributed by atoms with E-state index >= 15 is 0 Å². The number of methoxy groups -OCH3 is 2. The zero-order valence-corrected chi connectivity index (χ0v) is 25.3. The summed E-state index contributed by atoms with van der Waals surface area (Å²) in [5.74, 6) is 1.22. The van der Waals surface area contributed by atoms with E-state index in [9.17, 15) is 4.79 Å². The van der Waals surface area contributed by atoms with E-state index in [2.05, 4.69) is 76.7 Å². The number of nitrogens with zero attached hydrogens (tertiary/aromatic N) is 4. The third kappa shape index (κ3) is 5.81. The van der Waals surface area contributed by atoms with E-state index in [0.29, 0.717) is 5.91 Å². The van der Waals surface area contributed by atoms with Crippen LogP contribution in [0.5, 0.6) is 5.75 Å². The van der Waals surface area contributed by atoms with Crippen LogP contribution in [0.25, 0.3) is 28.0 Å². The molecule has 42 heavy (non-hydrogen) atoms. The minimum Gasteiger partial charge on any atom is -0.497 e. The van der Waals surface area contributed by atoms with Gasteiger partial charge in [0.05, 0.1) is 24.6 Å². The number of rotatable bonds is 7. The number of imidazole rings is 1. The lowest BCUT2D eigenvalue weighted by Crippen LogP contribution is -2.50. The third-order valence-corrected chi connectivity index (χ3v) is 9.13. The SMILES string of the molecule is COc1cccc(-c2nc3ccc(-c4cc(C)ccc4C)cn3c2CN2CCN(C(=O)[C@@H]3CCC[C@H](OC)C3)CC2)c1. The molecule has 2 fully saturated rings. The molecule has 1 amide bonds. The highest BCUT2D eigenvalue weighted by Crippen LogP contribution is 2.32. The fourth-order valence-corrected chi connectivity index (χ4v) is 6.63. The number of ether oxygens (including phenoxy) is 2. The van der Waals surface area contributed by atoms with Gasteiger partial charge in [-0.05, 0) is 74.1 Å². The molecular weight excluding hydrogens is 524 g/mol. The summed E-state index contributed by atoms with van der Waals surface area (Å²) in [6, 6.07) is 19.1. The van der Waals surface area contributed by atoms with Crippen molar-refractivity contribution in [2.45, 2.75) is 52.2 Å². The Morgan fingerprint density at radius 2 is 1.79 bits per heavy atom. The molecule has 7 heteroatoms. The molecule has 2 atom stereocenters. The Morgan fingerprint density at radius 1 is 0.952 bits per heavy atom. The van der Waals surface area contributed by atoms with Crippen molar-refractivity contribution in [3.63, 3.8) is 0 Å². The first-order valence-electron chi connectivity index (χ1n) is 15.2. The van der Waals surface area contributed by atoms with E-state index in [1.807, 2.05) is 12.1 Å². The number of aromatic nitrogens is 2. The molecule has 1 aliphatic heterocycles. The molecule has 0 unspecified atom stereocenters. The van der Waals surface area contributed by atoms with E-state index in [-0.39, 0.29) is 12.0 Å². The van der Waals surface area contributed by atoms with E-state index in [4.69, 9.17) is 14.5 Å². The quantitative estimate of drug-likeness (QED) is 0.269. The van der Waals surface area contributed by atoms with Crippen LogP contribution in [-0.4, -0.2) is 71.6 Å². The summed E-state index contributed by atoms with van der Waals surface area (Å²) in [5, 5.41) is 0. The largest absolute Gasteiger partial charge is 0.497 e. The van der Waals surface area contributed by atoms with Crippen molar-refractivity contribution in [3.8, 4) is 28.1 Å². The van der Waals surface area contributed by atoms with Crippen LogP contribution < -0.4 is 4.74 Å². The van der Waals surface area contributed by atoms with Gasteiger partial charge >= 0.3 is 0 Å². The van der Waals surface area contributed by atoms with E-state index in [1.54, 1.807) is 14.2 Å². The van der Waals surface area contributed by atoms with Gasteiger partial charge < -0.3 is 18.8 Å². The lowest BCUT2D eigenvalue weighted by atomic mass is 9.86. The van der Waals surface area contributed by atoms with Crippen LogP contribution in [0.2, 0.25) is 0 Å². The Bertz CT molecular complexity index is 1570. The molecular formula is C35H42N4O3. The number of amides is 1. The molecule has 2 aliphatic rings. The third-order valence-electron chi connectivity index (χ3n) is 9.13. The zero-order valence-electron chi connectivity index (χ0n) is 25.3. The maximum atomic E-state index is 13.4. The number of hydrogen-bond donors (Lipinski definition) is 0. The average molecular weight is 567 g/mol. The average Bonchev–Trinajstić information content (AvgIpc) is 3.39. The number of aryl methyl sites for hydroxylation is 2. The molecule has 7 nitrogen and oxygen atoms in total. The molecule has 0 radical (unpaired) electrons. The first-order valence-corrected chi connectivity index (χ1v) is 15.2. The van der Waals surface area contributed by atoms with Crippen molar-refractivity contribution >= 4 is 11.6 Å². The van der Waals surface area contributed by atoms with Crippen LogP contribution in [0.15, 0.2) is 60.8 Å². The highest BCUT2D eigenvalue weighted by atomic mass is 16.5. The van der Waals surface area contributed by atoms with Crippen LogP contribution in [0.4, 0.5) is 0 Å². The monoisotopic (exact) mass is 566 g/mol. The molecule has 2 aromatic carbocycles. The molecule has 220 valence electrons. The number of carbonyl (C=O) groups is 1. The van der Waals surface area contributed by atoms with Crippen LogP contribution in [0, 0.1) is 19.8 Å². The summed E-state index contributed by atoms with van der Waals surface area (Å²) in [7, 11) is 3.46. The van der Waals surface area contributed by atoms with Gasteiger partial charge in [0.15, 0.2) is 0 Å². The van der Waals surface area contributed by atoms with Crippen LogP contribution in [-0.2, 0) is 16.1 Å². The number of fused-ring (bicyclic) bond motifs is 1. The van der Waals surface area contributed by atoms with Crippen molar-refractivity contribution in [1.29, 1.82) is 0 Å². The molecule has 0 bridgehead atoms. The predicted molar refractivity (Wildman–Crippen MR) is 167 cm³/mol. The van der Waals surface area contributed by atoms with Crippen molar-refractivity contribution in [2.24, 2.45) is 5.92 Å². The summed E-state index contributed by atoms with van der Waals surface area (Å²) in [5.41, 5.74) is 9.01. The van der Waals surface area contributed by atoms with Crippen molar-refractivity contribution in [2.75, 3.05) is 40.4 Å². The molecule has 6 rings (SSSR count). The Hall–Kier alpha value is -3.68. The van der Waals surface area contributed by atoms with Gasteiger partial charge in [-0.15, -0.1) is 0 Å². The summed E-state index contributed by atoms with van der Waals surface area (Å²) >= 11 is 0. The molecule has 1 saturated heterocycles. The molecule has 3 heterocycles. The van der Waals surface area contributed by atoms with E-state index in [0.717, 1.165) is 86.8 Å². The van der Waals surface area contributed by atoms with Gasteiger partial charge in [0.2, 0.25) is 5.91 Å². The molecule has 0 N–H and O–H groups in total. The second-order valence-electron chi connectivity index (χ2n) is 11.9. The first-order chi connectivity index (χ1) is 20.4. The fourth-order valence-electron chi connectivity index (χ4n) is 6.63. The fraction of sp³-hybridized carbons (Fsp3) is 0.429. The molecule has 0 spiro atoms. The highest BCUT2D eigenvalue weighted by molar-refractivity contribution is 5.79. The lowest BCUT2D eigenvalue weighted by molar-refractivity contribution is -0.140. The molecule has 4 aromatic rings. The maximum absolute atomic E-state index is 13.4. The van der Waals surface area contributed by atoms with Crippen LogP contribution in [0.1, 0.15) is 42.5 Å². The van der Waals surface area contributed by atoms with Gasteiger partial charge in [-0.2, -0.15) is 0 Å². The van der Waals surface area contributed by atoms with Gasteiger partial charge in [0.1, 0.15) is 11.4 Å². The van der Waals surface area contributed by atoms with Crippen molar-refractivity contribution in [1.82, 2.24) is 19.2 Å². The van der Waals surface area contributed by atoms with Gasteiger partial charge in [-0.25, -0.2) is 4.98 Å². The van der Waals surface area contributed by atoms with Crippen LogP contribution >= 0.6 is 0 Å². The summed E-state index contributed by atoms with van der Waals surface area (Å²) in [6.07, 6.45) is 6.41. The van der Waals surface area contributed by atoms with E-state index < -0.39 is 0 Å². The van der Waals surface area contributed by atoms with Gasteiger partial charge in [-0.1, -0.05) is 42.3 Å². The second-order valence-corrected chi connectivity index (χ2v) is 11.9. The first kappa shape index (κ1) is 28.4. The smallest absolute Gasteiger partial charge is 0.225 e. The zero-order chi connectivity index (χ0) is 29.2. The van der Waals surface area contributed by atoms with Gasteiger partial charge in [0.25, 0.3) is 0 Å². The standard InChI is InChI=1S/C35H42N4O3/c1-24-11-12-25(2)31(19-24)28-13-14-33-36-34(26-7-5-9-29(20-26)41-3)32(39(33)22-28)23-37-15-17-38(18-16-37)35(40)27-8-6-10-30(21-27)42-4/h5,7,9,11-14,19-20,22,27,30H,6,8,10,15-18,21,23H2,1-4H3/t27-,30+/m1/s1. The van der Waals surface area contributed by atoms with Crippen LogP contribution in [0.3, 0.4) is 0 Å². The predicted octanol–water partition coefficient (Wildman–Crippen LogP) is 6.14. The second kappa shape index (κ2) is 12.3. The van der Waals surface area contributed by atoms with Crippen molar-refractivity contribution < 1.29 is 14.3 Å². The molecule has 1 aliphatic carbocycles. The number of benzene rings is 2. The number of hydrogen-bond acceptors (Lipinski definition) is 5. The topological polar surface area (TPSA) is 59.3 Å². The summed E-state index contributed by atoms with van der Waals surface area (Å²) in [6.45, 7) is 8.25. The number of pyridine rings is 1. The van der Waals surface area contributed by atoms with Crippen molar-refractivity contribution in [3.05, 3.63) is 77.6 Å². The Labute approximate surface area is 249 Å². The Balaban J connectivity index is 1.28. The summed E-state index contributed by atoms with van der Waals surface area (Å²) in [4.78, 5) is 23.0. The molecule has 2 aromatic heterocycles. The maximum Gasteiger partial charge on any atom is 0.225 e. The molecule has 1 saturated carbocycles. The minimum atomic E-state index is 0.0946. The lowest BCUT2D eigenvalue weighted by Gasteiger charge is -2.38. The Morgan fingerprint density at radius 3 is 2.57 bits per heavy atom. The summed E-state index contributed by atoms with van der Waals surface area (Å²) < 4.78 is 13.4. The highest BCUT2D eigenvalue weighted by Gasteiger charge is 2.32. The van der Waals surface area contributed by atoms with Gasteiger partial charge in [0, 0.05) is 57.5 Å².